The Morgan fingerprint density at radius 1 is 1.26 bits per heavy atom. The third-order valence-corrected chi connectivity index (χ3v) is 4.37. The summed E-state index contributed by atoms with van der Waals surface area (Å²) in [7, 11) is 0. The second-order valence-electron chi connectivity index (χ2n) is 6.25. The first kappa shape index (κ1) is 17.0. The van der Waals surface area contributed by atoms with Crippen LogP contribution in [0.25, 0.3) is 11.1 Å². The number of benzene rings is 2. The van der Waals surface area contributed by atoms with E-state index in [4.69, 9.17) is 9.47 Å². The van der Waals surface area contributed by atoms with E-state index in [0.717, 1.165) is 16.7 Å². The van der Waals surface area contributed by atoms with Crippen molar-refractivity contribution in [3.05, 3.63) is 70.4 Å². The summed E-state index contributed by atoms with van der Waals surface area (Å²) in [5.41, 5.74) is 2.68. The fraction of sp³-hybridized carbons (Fsp3) is 0.211. The van der Waals surface area contributed by atoms with Crippen LogP contribution in [0.5, 0.6) is 11.8 Å². The topological polar surface area (TPSA) is 99.7 Å². The van der Waals surface area contributed by atoms with Crippen molar-refractivity contribution in [1.29, 1.82) is 0 Å². The van der Waals surface area contributed by atoms with Gasteiger partial charge in [-0.3, -0.25) is 4.57 Å². The zero-order valence-electron chi connectivity index (χ0n) is 14.3. The molecule has 8 nitrogen and oxygen atoms in total. The van der Waals surface area contributed by atoms with E-state index >= 15 is 0 Å². The number of hydrogen-bond acceptors (Lipinski definition) is 6. The van der Waals surface area contributed by atoms with E-state index in [-0.39, 0.29) is 23.7 Å². The largest absolute Gasteiger partial charge is 0.507 e. The van der Waals surface area contributed by atoms with E-state index in [1.807, 2.05) is 36.4 Å². The fourth-order valence-electron chi connectivity index (χ4n) is 2.97. The molecule has 1 N–H and O–H groups in total. The molecule has 0 unspecified atom stereocenters. The van der Waals surface area contributed by atoms with Gasteiger partial charge in [0.2, 0.25) is 0 Å². The molecule has 1 atom stereocenters. The summed E-state index contributed by atoms with van der Waals surface area (Å²) in [6.07, 6.45) is 1.13. The lowest BCUT2D eigenvalue weighted by Gasteiger charge is -2.22. The van der Waals surface area contributed by atoms with Crippen LogP contribution in [0, 0.1) is 10.1 Å². The molecule has 138 valence electrons. The van der Waals surface area contributed by atoms with Crippen LogP contribution in [0.15, 0.2) is 54.7 Å². The van der Waals surface area contributed by atoms with Gasteiger partial charge in [-0.15, -0.1) is 0 Å². The molecule has 4 rings (SSSR count). The number of rotatable bonds is 5. The van der Waals surface area contributed by atoms with Crippen LogP contribution in [0.1, 0.15) is 5.56 Å². The van der Waals surface area contributed by atoms with E-state index < -0.39 is 4.92 Å². The van der Waals surface area contributed by atoms with Crippen molar-refractivity contribution >= 4 is 5.82 Å². The van der Waals surface area contributed by atoms with E-state index in [9.17, 15) is 15.2 Å². The molecular weight excluding hydrogens is 350 g/mol. The van der Waals surface area contributed by atoms with Crippen molar-refractivity contribution in [2.24, 2.45) is 0 Å². The van der Waals surface area contributed by atoms with Crippen LogP contribution in [0.4, 0.5) is 5.82 Å². The van der Waals surface area contributed by atoms with Crippen LogP contribution in [-0.2, 0) is 17.9 Å². The quantitative estimate of drug-likeness (QED) is 0.549. The van der Waals surface area contributed by atoms with E-state index in [0.29, 0.717) is 19.8 Å². The lowest BCUT2D eigenvalue weighted by atomic mass is 10.0. The standard InChI is InChI=1S/C19H17N3O5/c23-17-4-2-1-3-16(17)14-7-5-13(6-8-14)11-26-15-9-21-10-18(22(24)25)20-19(21)27-12-15/h1-8,10,15,23H,9,11-12H2/t15-/m0/s1. The smallest absolute Gasteiger partial charge is 0.414 e. The summed E-state index contributed by atoms with van der Waals surface area (Å²) >= 11 is 0. The third-order valence-electron chi connectivity index (χ3n) is 4.37. The molecule has 0 fully saturated rings. The summed E-state index contributed by atoms with van der Waals surface area (Å²) in [6.45, 7) is 1.14. The van der Waals surface area contributed by atoms with Crippen LogP contribution in [0.2, 0.25) is 0 Å². The maximum absolute atomic E-state index is 10.8. The molecule has 0 saturated carbocycles. The lowest BCUT2D eigenvalue weighted by Crippen LogP contribution is -2.32. The maximum atomic E-state index is 10.8. The SMILES string of the molecule is O=[N+]([O-])c1cn2c(n1)OC[C@@H](OCc1ccc(-c3ccccc3O)cc1)C2. The van der Waals surface area contributed by atoms with E-state index in [1.54, 1.807) is 16.7 Å². The molecule has 0 amide bonds. The number of para-hydroxylation sites is 1. The number of ether oxygens (including phenoxy) is 2. The summed E-state index contributed by atoms with van der Waals surface area (Å²) in [5.74, 6) is 0.0106. The van der Waals surface area contributed by atoms with E-state index in [1.165, 1.54) is 6.20 Å². The Hall–Kier alpha value is -3.39. The number of fused-ring (bicyclic) bond motifs is 1. The molecule has 1 aromatic heterocycles. The second-order valence-corrected chi connectivity index (χ2v) is 6.25. The Morgan fingerprint density at radius 3 is 2.78 bits per heavy atom. The van der Waals surface area contributed by atoms with Gasteiger partial charge in [0.05, 0.1) is 13.2 Å². The zero-order chi connectivity index (χ0) is 18.8. The van der Waals surface area contributed by atoms with Gasteiger partial charge in [-0.1, -0.05) is 42.5 Å². The first-order valence-electron chi connectivity index (χ1n) is 8.43. The van der Waals surface area contributed by atoms with Gasteiger partial charge < -0.3 is 24.7 Å². The Morgan fingerprint density at radius 2 is 2.04 bits per heavy atom. The Kier molecular flexibility index (Phi) is 4.47. The normalized spacial score (nSPS) is 15.8. The third kappa shape index (κ3) is 3.61. The Bertz CT molecular complexity index is 968. The summed E-state index contributed by atoms with van der Waals surface area (Å²) in [6, 6.07) is 15.2. The average molecular weight is 367 g/mol. The van der Waals surface area contributed by atoms with Crippen LogP contribution >= 0.6 is 0 Å². The summed E-state index contributed by atoms with van der Waals surface area (Å²) in [5, 5.41) is 20.7. The monoisotopic (exact) mass is 367 g/mol. The van der Waals surface area contributed by atoms with Crippen LogP contribution < -0.4 is 4.74 Å². The maximum Gasteiger partial charge on any atom is 0.414 e. The van der Waals surface area contributed by atoms with E-state index in [2.05, 4.69) is 4.98 Å². The molecule has 0 bridgehead atoms. The summed E-state index contributed by atoms with van der Waals surface area (Å²) < 4.78 is 12.9. The predicted molar refractivity (Wildman–Crippen MR) is 96.5 cm³/mol. The van der Waals surface area contributed by atoms with Gasteiger partial charge in [0.1, 0.15) is 24.7 Å². The number of phenols is 1. The average Bonchev–Trinajstić information content (AvgIpc) is 3.11. The van der Waals surface area contributed by atoms with Crippen LogP contribution in [0.3, 0.4) is 0 Å². The minimum Gasteiger partial charge on any atom is -0.507 e. The Labute approximate surface area is 154 Å². The number of imidazole rings is 1. The van der Waals surface area contributed by atoms with Gasteiger partial charge in [0.15, 0.2) is 0 Å². The second kappa shape index (κ2) is 7.08. The molecule has 0 radical (unpaired) electrons. The lowest BCUT2D eigenvalue weighted by molar-refractivity contribution is -0.389. The van der Waals surface area contributed by atoms with Gasteiger partial charge in [0, 0.05) is 10.5 Å². The molecule has 0 spiro atoms. The van der Waals surface area contributed by atoms with Gasteiger partial charge >= 0.3 is 11.8 Å². The van der Waals surface area contributed by atoms with Crippen molar-refractivity contribution in [3.8, 4) is 22.9 Å². The highest BCUT2D eigenvalue weighted by Gasteiger charge is 2.28. The zero-order valence-corrected chi connectivity index (χ0v) is 14.3. The number of phenolic OH excluding ortho intramolecular Hbond substituents is 1. The number of nitro groups is 1. The Balaban J connectivity index is 1.38. The highest BCUT2D eigenvalue weighted by Crippen LogP contribution is 2.29. The minimum absolute atomic E-state index is 0.218. The van der Waals surface area contributed by atoms with Crippen molar-refractivity contribution < 1.29 is 19.5 Å². The molecule has 3 aromatic rings. The number of nitrogens with zero attached hydrogens (tertiary/aromatic N) is 3. The molecule has 27 heavy (non-hydrogen) atoms. The summed E-state index contributed by atoms with van der Waals surface area (Å²) in [4.78, 5) is 14.1. The highest BCUT2D eigenvalue weighted by atomic mass is 16.6. The predicted octanol–water partition coefficient (Wildman–Crippen LogP) is 3.14. The number of aromatic hydroxyl groups is 1. The molecular formula is C19H17N3O5. The van der Waals surface area contributed by atoms with Crippen molar-refractivity contribution in [1.82, 2.24) is 9.55 Å². The van der Waals surface area contributed by atoms with Gasteiger partial charge in [-0.2, -0.15) is 0 Å². The first-order chi connectivity index (χ1) is 13.1. The molecule has 2 heterocycles. The fourth-order valence-corrected chi connectivity index (χ4v) is 2.97. The van der Waals surface area contributed by atoms with Crippen molar-refractivity contribution in [2.45, 2.75) is 19.3 Å². The van der Waals surface area contributed by atoms with Gasteiger partial charge in [0.25, 0.3) is 0 Å². The molecule has 2 aromatic carbocycles. The minimum atomic E-state index is -0.545. The van der Waals surface area contributed by atoms with Crippen molar-refractivity contribution in [3.63, 3.8) is 0 Å². The molecule has 1 aliphatic rings. The van der Waals surface area contributed by atoms with Gasteiger partial charge in [-0.25, -0.2) is 0 Å². The molecule has 1 aliphatic heterocycles. The molecule has 0 saturated heterocycles. The molecule has 0 aliphatic carbocycles. The van der Waals surface area contributed by atoms with Gasteiger partial charge in [-0.05, 0) is 22.1 Å². The number of aromatic nitrogens is 2. The molecule has 8 heteroatoms. The highest BCUT2D eigenvalue weighted by molar-refractivity contribution is 5.69. The van der Waals surface area contributed by atoms with Crippen molar-refractivity contribution in [2.75, 3.05) is 6.61 Å². The number of hydrogen-bond donors (Lipinski definition) is 1. The first-order valence-corrected chi connectivity index (χ1v) is 8.43. The van der Waals surface area contributed by atoms with Crippen LogP contribution in [-0.4, -0.2) is 32.3 Å².